The van der Waals surface area contributed by atoms with Gasteiger partial charge in [-0.05, 0) is 18.6 Å². The molecule has 2 aromatic heterocycles. The molecule has 3 N–H and O–H groups in total. The number of esters is 2. The Morgan fingerprint density at radius 1 is 1.15 bits per heavy atom. The first kappa shape index (κ1) is 27.9. The summed E-state index contributed by atoms with van der Waals surface area (Å²) in [5.41, 5.74) is 6.72. The molecule has 0 spiro atoms. The van der Waals surface area contributed by atoms with Crippen LogP contribution in [0.25, 0.3) is 11.2 Å². The summed E-state index contributed by atoms with van der Waals surface area (Å²) in [5.74, 6) is -2.83. The van der Waals surface area contributed by atoms with Gasteiger partial charge in [-0.1, -0.05) is 19.1 Å². The smallest absolute Gasteiger partial charge is 0.362 e. The van der Waals surface area contributed by atoms with Gasteiger partial charge in [0, 0.05) is 19.8 Å². The minimum absolute atomic E-state index is 0.105. The molecule has 208 valence electrons. The monoisotopic (exact) mass is 562 g/mol. The molecule has 16 heteroatoms. The van der Waals surface area contributed by atoms with Crippen molar-refractivity contribution in [2.75, 3.05) is 12.3 Å². The van der Waals surface area contributed by atoms with Gasteiger partial charge in [0.25, 0.3) is 5.91 Å². The lowest BCUT2D eigenvalue weighted by Crippen LogP contribution is -2.36. The SMILES string of the molecule is CC(=O)Oc1cccc(C)c1C(=O)NS(=O)(=O)OC[C@H]1O[C@@H](n2cnc3c(N)ncnc32)[C@H](OC(C)=O)[C@@H]1C. The molecule has 0 saturated carbocycles. The Labute approximate surface area is 222 Å². The van der Waals surface area contributed by atoms with Crippen LogP contribution in [0.3, 0.4) is 0 Å². The van der Waals surface area contributed by atoms with Crippen LogP contribution >= 0.6 is 0 Å². The number of nitrogen functional groups attached to an aromatic ring is 1. The van der Waals surface area contributed by atoms with Crippen LogP contribution < -0.4 is 15.2 Å². The van der Waals surface area contributed by atoms with Gasteiger partial charge in [-0.2, -0.15) is 8.42 Å². The number of nitrogens with one attached hydrogen (secondary N) is 1. The van der Waals surface area contributed by atoms with Gasteiger partial charge in [-0.25, -0.2) is 19.7 Å². The number of aromatic nitrogens is 4. The summed E-state index contributed by atoms with van der Waals surface area (Å²) in [6, 6.07) is 4.46. The summed E-state index contributed by atoms with van der Waals surface area (Å²) in [6.45, 7) is 5.10. The van der Waals surface area contributed by atoms with Gasteiger partial charge in [-0.3, -0.25) is 23.1 Å². The minimum Gasteiger partial charge on any atom is -0.457 e. The highest BCUT2D eigenvalue weighted by atomic mass is 32.2. The predicted octanol–water partition coefficient (Wildman–Crippen LogP) is 0.799. The number of imidazole rings is 1. The van der Waals surface area contributed by atoms with Gasteiger partial charge in [0.15, 0.2) is 23.8 Å². The zero-order valence-electron chi connectivity index (χ0n) is 21.4. The molecule has 39 heavy (non-hydrogen) atoms. The van der Waals surface area contributed by atoms with E-state index in [0.717, 1.165) is 6.92 Å². The van der Waals surface area contributed by atoms with Crippen LogP contribution in [0.15, 0.2) is 30.9 Å². The number of carbonyl (C=O) groups is 3. The molecule has 15 nitrogen and oxygen atoms in total. The average Bonchev–Trinajstić information content (AvgIpc) is 3.39. The van der Waals surface area contributed by atoms with E-state index in [1.54, 1.807) is 26.0 Å². The average molecular weight is 563 g/mol. The lowest BCUT2D eigenvalue weighted by Gasteiger charge is -2.21. The van der Waals surface area contributed by atoms with Crippen molar-refractivity contribution in [3.63, 3.8) is 0 Å². The Morgan fingerprint density at radius 2 is 1.90 bits per heavy atom. The second-order valence-electron chi connectivity index (χ2n) is 8.79. The fourth-order valence-electron chi connectivity index (χ4n) is 4.20. The van der Waals surface area contributed by atoms with E-state index in [9.17, 15) is 22.8 Å². The molecule has 3 heterocycles. The minimum atomic E-state index is -4.64. The van der Waals surface area contributed by atoms with Crippen LogP contribution in [0.2, 0.25) is 0 Å². The normalized spacial score (nSPS) is 21.0. The second-order valence-corrected chi connectivity index (χ2v) is 10.1. The van der Waals surface area contributed by atoms with Crippen molar-refractivity contribution in [1.29, 1.82) is 0 Å². The van der Waals surface area contributed by atoms with Crippen LogP contribution in [-0.4, -0.2) is 64.6 Å². The van der Waals surface area contributed by atoms with E-state index in [1.165, 1.54) is 30.2 Å². The van der Waals surface area contributed by atoms with E-state index in [-0.39, 0.29) is 17.1 Å². The van der Waals surface area contributed by atoms with E-state index in [2.05, 4.69) is 15.0 Å². The molecule has 1 fully saturated rings. The van der Waals surface area contributed by atoms with Crippen molar-refractivity contribution in [2.24, 2.45) is 5.92 Å². The van der Waals surface area contributed by atoms with Gasteiger partial charge < -0.3 is 19.9 Å². The Hall–Kier alpha value is -4.15. The fraction of sp³-hybridized carbons (Fsp3) is 0.391. The highest BCUT2D eigenvalue weighted by Gasteiger charge is 2.46. The lowest BCUT2D eigenvalue weighted by atomic mass is 10.0. The number of amides is 1. The number of ether oxygens (including phenoxy) is 3. The molecule has 3 aromatic rings. The van der Waals surface area contributed by atoms with Gasteiger partial charge in [0.1, 0.15) is 17.6 Å². The van der Waals surface area contributed by atoms with Crippen LogP contribution in [-0.2, 0) is 33.6 Å². The fourth-order valence-corrected chi connectivity index (χ4v) is 4.90. The van der Waals surface area contributed by atoms with E-state index in [0.29, 0.717) is 16.7 Å². The van der Waals surface area contributed by atoms with E-state index >= 15 is 0 Å². The number of nitrogens with zero attached hydrogens (tertiary/aromatic N) is 4. The number of carbonyl (C=O) groups excluding carboxylic acids is 3. The largest absolute Gasteiger partial charge is 0.457 e. The third-order valence-corrected chi connectivity index (χ3v) is 6.87. The predicted molar refractivity (Wildman–Crippen MR) is 133 cm³/mol. The molecular weight excluding hydrogens is 536 g/mol. The molecule has 0 radical (unpaired) electrons. The highest BCUT2D eigenvalue weighted by molar-refractivity contribution is 7.85. The van der Waals surface area contributed by atoms with Crippen LogP contribution in [0.1, 0.15) is 42.9 Å². The number of hydrogen-bond acceptors (Lipinski definition) is 13. The summed E-state index contributed by atoms with van der Waals surface area (Å²) in [7, 11) is -4.64. The van der Waals surface area contributed by atoms with Crippen molar-refractivity contribution >= 4 is 45.1 Å². The van der Waals surface area contributed by atoms with Gasteiger partial charge in [0.05, 0.1) is 24.6 Å². The number of anilines is 1. The summed E-state index contributed by atoms with van der Waals surface area (Å²) in [6.07, 6.45) is -0.0517. The van der Waals surface area contributed by atoms with Crippen molar-refractivity contribution < 1.29 is 41.2 Å². The summed E-state index contributed by atoms with van der Waals surface area (Å²) >= 11 is 0. The molecular formula is C23H26N6O9S. The highest BCUT2D eigenvalue weighted by Crippen LogP contribution is 2.38. The van der Waals surface area contributed by atoms with Gasteiger partial charge in [-0.15, -0.1) is 0 Å². The van der Waals surface area contributed by atoms with Crippen LogP contribution in [0.4, 0.5) is 5.82 Å². The van der Waals surface area contributed by atoms with Gasteiger partial charge in [0.2, 0.25) is 0 Å². The van der Waals surface area contributed by atoms with E-state index in [4.69, 9.17) is 24.1 Å². The molecule has 1 aliphatic heterocycles. The number of benzene rings is 1. The summed E-state index contributed by atoms with van der Waals surface area (Å²) in [5, 5.41) is 0. The summed E-state index contributed by atoms with van der Waals surface area (Å²) < 4.78 is 50.2. The Balaban J connectivity index is 1.51. The van der Waals surface area contributed by atoms with Crippen molar-refractivity contribution in [3.05, 3.63) is 42.0 Å². The number of hydrogen-bond donors (Lipinski definition) is 2. The molecule has 1 aromatic carbocycles. The Morgan fingerprint density at radius 3 is 2.59 bits per heavy atom. The maximum Gasteiger partial charge on any atom is 0.362 e. The Bertz CT molecular complexity index is 1540. The first-order valence-corrected chi connectivity index (χ1v) is 13.0. The topological polar surface area (TPSA) is 204 Å². The van der Waals surface area contributed by atoms with Crippen LogP contribution in [0.5, 0.6) is 5.75 Å². The zero-order valence-corrected chi connectivity index (χ0v) is 22.2. The third kappa shape index (κ3) is 5.97. The third-order valence-electron chi connectivity index (χ3n) is 5.98. The molecule has 1 aliphatic rings. The number of aryl methyl sites for hydroxylation is 1. The van der Waals surface area contributed by atoms with Crippen molar-refractivity contribution in [3.8, 4) is 5.75 Å². The second kappa shape index (κ2) is 10.9. The molecule has 1 amide bonds. The quantitative estimate of drug-likeness (QED) is 0.288. The standard InChI is InChI=1S/C23H26N6O9S/c1-11-6-5-7-15(36-13(3)30)17(11)22(32)28-39(33,34)35-8-16-12(2)19(37-14(4)31)23(38-16)29-10-27-18-20(24)25-9-26-21(18)29/h5-7,9-10,12,16,19,23H,8H2,1-4H3,(H,28,32)(H2,24,25,26)/t12-,16-,19-,23-/m1/s1. The maximum atomic E-state index is 12.8. The first-order chi connectivity index (χ1) is 18.4. The van der Waals surface area contributed by atoms with E-state index in [1.807, 2.05) is 4.72 Å². The molecule has 4 rings (SSSR count). The first-order valence-electron chi connectivity index (χ1n) is 11.6. The van der Waals surface area contributed by atoms with Crippen molar-refractivity contribution in [2.45, 2.75) is 46.1 Å². The summed E-state index contributed by atoms with van der Waals surface area (Å²) in [4.78, 5) is 48.3. The molecule has 0 bridgehead atoms. The molecule has 0 aliphatic carbocycles. The number of rotatable bonds is 8. The molecule has 4 atom stereocenters. The maximum absolute atomic E-state index is 12.8. The van der Waals surface area contributed by atoms with E-state index < -0.39 is 59.1 Å². The number of fused-ring (bicyclic) bond motifs is 1. The van der Waals surface area contributed by atoms with Crippen molar-refractivity contribution in [1.82, 2.24) is 24.2 Å². The molecule has 0 unspecified atom stereocenters. The Kier molecular flexibility index (Phi) is 7.80. The number of nitrogens with two attached hydrogens (primary N) is 1. The molecule has 1 saturated heterocycles. The van der Waals surface area contributed by atoms with Gasteiger partial charge >= 0.3 is 22.2 Å². The van der Waals surface area contributed by atoms with Crippen LogP contribution in [0, 0.1) is 12.8 Å². The zero-order chi connectivity index (χ0) is 28.5. The lowest BCUT2D eigenvalue weighted by molar-refractivity contribution is -0.153.